The lowest BCUT2D eigenvalue weighted by atomic mass is 10.0. The summed E-state index contributed by atoms with van der Waals surface area (Å²) in [5, 5.41) is 12.5. The van der Waals surface area contributed by atoms with Crippen LogP contribution >= 0.6 is 0 Å². The monoisotopic (exact) mass is 200 g/mol. The van der Waals surface area contributed by atoms with Gasteiger partial charge in [0.15, 0.2) is 0 Å². The van der Waals surface area contributed by atoms with Gasteiger partial charge in [-0.1, -0.05) is 0 Å². The normalized spacial score (nSPS) is 23.6. The zero-order valence-electron chi connectivity index (χ0n) is 9.88. The van der Waals surface area contributed by atoms with Gasteiger partial charge in [-0.2, -0.15) is 0 Å². The zero-order chi connectivity index (χ0) is 10.8. The minimum absolute atomic E-state index is 0.169. The maximum Gasteiger partial charge on any atom is 0.0623 e. The van der Waals surface area contributed by atoms with E-state index >= 15 is 0 Å². The van der Waals surface area contributed by atoms with Crippen LogP contribution in [0.4, 0.5) is 0 Å². The van der Waals surface area contributed by atoms with Crippen molar-refractivity contribution in [3.05, 3.63) is 0 Å². The van der Waals surface area contributed by atoms with Crippen LogP contribution in [0.2, 0.25) is 0 Å². The molecule has 0 radical (unpaired) electrons. The first-order chi connectivity index (χ1) is 6.52. The predicted molar refractivity (Wildman–Crippen MR) is 59.4 cm³/mol. The summed E-state index contributed by atoms with van der Waals surface area (Å²) < 4.78 is 0. The van der Waals surface area contributed by atoms with Gasteiger partial charge in [0, 0.05) is 12.6 Å². The van der Waals surface area contributed by atoms with Crippen LogP contribution in [0.25, 0.3) is 0 Å². The lowest BCUT2D eigenvalue weighted by Crippen LogP contribution is -2.53. The van der Waals surface area contributed by atoms with E-state index in [0.717, 1.165) is 12.5 Å². The summed E-state index contributed by atoms with van der Waals surface area (Å²) >= 11 is 0. The average molecular weight is 200 g/mol. The Balaban J connectivity index is 2.40. The number of nitrogens with zero attached hydrogens (tertiary/aromatic N) is 1. The fourth-order valence-electron chi connectivity index (χ4n) is 1.84. The Labute approximate surface area is 87.5 Å². The van der Waals surface area contributed by atoms with Crippen molar-refractivity contribution in [2.75, 3.05) is 27.2 Å². The maximum absolute atomic E-state index is 9.28. The Hall–Kier alpha value is -0.120. The van der Waals surface area contributed by atoms with Crippen LogP contribution in [0.3, 0.4) is 0 Å². The average Bonchev–Trinajstić information content (AvgIpc) is 2.99. The summed E-state index contributed by atoms with van der Waals surface area (Å²) in [6.07, 6.45) is 2.75. The molecule has 0 spiro atoms. The molecular formula is C11H24N2O. The van der Waals surface area contributed by atoms with Gasteiger partial charge in [-0.05, 0) is 46.7 Å². The Morgan fingerprint density at radius 1 is 1.57 bits per heavy atom. The summed E-state index contributed by atoms with van der Waals surface area (Å²) in [6, 6.07) is 0.647. The van der Waals surface area contributed by atoms with Gasteiger partial charge in [0.05, 0.1) is 12.1 Å². The Morgan fingerprint density at radius 3 is 2.50 bits per heavy atom. The number of nitrogens with one attached hydrogen (secondary N) is 1. The predicted octanol–water partition coefficient (Wildman–Crippen LogP) is 0.687. The van der Waals surface area contributed by atoms with E-state index in [-0.39, 0.29) is 12.1 Å². The highest BCUT2D eigenvalue weighted by molar-refractivity contribution is 4.89. The molecular weight excluding hydrogens is 176 g/mol. The van der Waals surface area contributed by atoms with Gasteiger partial charge in [-0.3, -0.25) is 0 Å². The number of aliphatic hydroxyl groups excluding tert-OH is 1. The first kappa shape index (κ1) is 12.0. The van der Waals surface area contributed by atoms with Crippen LogP contribution in [-0.4, -0.2) is 48.8 Å². The largest absolute Gasteiger partial charge is 0.394 e. The van der Waals surface area contributed by atoms with Crippen LogP contribution in [-0.2, 0) is 0 Å². The Kier molecular flexibility index (Phi) is 3.93. The fraction of sp³-hybridized carbons (Fsp3) is 1.00. The van der Waals surface area contributed by atoms with Gasteiger partial charge < -0.3 is 15.3 Å². The first-order valence-electron chi connectivity index (χ1n) is 5.52. The zero-order valence-corrected chi connectivity index (χ0v) is 9.88. The van der Waals surface area contributed by atoms with Gasteiger partial charge in [-0.15, -0.1) is 0 Å². The van der Waals surface area contributed by atoms with E-state index < -0.39 is 0 Å². The van der Waals surface area contributed by atoms with Gasteiger partial charge in [0.2, 0.25) is 0 Å². The second kappa shape index (κ2) is 4.60. The number of rotatable bonds is 6. The number of hydrogen-bond donors (Lipinski definition) is 2. The second-order valence-corrected chi connectivity index (χ2v) is 4.96. The highest BCUT2D eigenvalue weighted by atomic mass is 16.3. The quantitative estimate of drug-likeness (QED) is 0.662. The Morgan fingerprint density at radius 2 is 2.14 bits per heavy atom. The molecule has 84 valence electrons. The second-order valence-electron chi connectivity index (χ2n) is 4.96. The third-order valence-electron chi connectivity index (χ3n) is 3.55. The highest BCUT2D eigenvalue weighted by Crippen LogP contribution is 2.34. The molecule has 0 bridgehead atoms. The van der Waals surface area contributed by atoms with Gasteiger partial charge >= 0.3 is 0 Å². The lowest BCUT2D eigenvalue weighted by molar-refractivity contribution is 0.115. The first-order valence-corrected chi connectivity index (χ1v) is 5.52. The molecule has 0 amide bonds. The number of hydrogen-bond acceptors (Lipinski definition) is 3. The lowest BCUT2D eigenvalue weighted by Gasteiger charge is -2.35. The topological polar surface area (TPSA) is 35.5 Å². The molecule has 0 aliphatic heterocycles. The van der Waals surface area contributed by atoms with Gasteiger partial charge in [0.1, 0.15) is 0 Å². The van der Waals surface area contributed by atoms with Crippen molar-refractivity contribution < 1.29 is 5.11 Å². The molecule has 2 unspecified atom stereocenters. The van der Waals surface area contributed by atoms with E-state index in [0.29, 0.717) is 6.04 Å². The van der Waals surface area contributed by atoms with Crippen molar-refractivity contribution in [3.8, 4) is 0 Å². The molecule has 2 atom stereocenters. The summed E-state index contributed by atoms with van der Waals surface area (Å²) in [5.74, 6) is 0.889. The summed E-state index contributed by atoms with van der Waals surface area (Å²) in [7, 11) is 4.06. The molecule has 1 aliphatic rings. The summed E-state index contributed by atoms with van der Waals surface area (Å²) in [6.45, 7) is 5.43. The smallest absolute Gasteiger partial charge is 0.0623 e. The molecule has 0 aromatic carbocycles. The van der Waals surface area contributed by atoms with Crippen molar-refractivity contribution in [1.82, 2.24) is 10.2 Å². The van der Waals surface area contributed by atoms with Crippen molar-refractivity contribution in [1.29, 1.82) is 0 Å². The van der Waals surface area contributed by atoms with E-state index in [1.807, 2.05) is 7.05 Å². The molecule has 2 N–H and O–H groups in total. The highest BCUT2D eigenvalue weighted by Gasteiger charge is 2.33. The fourth-order valence-corrected chi connectivity index (χ4v) is 1.84. The van der Waals surface area contributed by atoms with E-state index in [9.17, 15) is 5.11 Å². The third kappa shape index (κ3) is 2.94. The number of aliphatic hydroxyl groups is 1. The van der Waals surface area contributed by atoms with Crippen molar-refractivity contribution in [2.24, 2.45) is 5.92 Å². The van der Waals surface area contributed by atoms with Gasteiger partial charge in [-0.25, -0.2) is 0 Å². The van der Waals surface area contributed by atoms with Crippen LogP contribution in [0.1, 0.15) is 26.7 Å². The van der Waals surface area contributed by atoms with E-state index in [1.165, 1.54) is 12.8 Å². The molecule has 0 aromatic heterocycles. The minimum atomic E-state index is -0.169. The van der Waals surface area contributed by atoms with Crippen LogP contribution in [0.15, 0.2) is 0 Å². The van der Waals surface area contributed by atoms with E-state index in [2.05, 4.69) is 31.1 Å². The maximum atomic E-state index is 9.28. The molecule has 0 aromatic rings. The number of likely N-dealkylation sites (N-methyl/N-ethyl adjacent to an activating group) is 2. The summed E-state index contributed by atoms with van der Waals surface area (Å²) in [5.41, 5.74) is -0.169. The van der Waals surface area contributed by atoms with Crippen LogP contribution in [0, 0.1) is 5.92 Å². The molecule has 1 fully saturated rings. The molecule has 14 heavy (non-hydrogen) atoms. The molecule has 3 nitrogen and oxygen atoms in total. The Bertz CT molecular complexity index is 176. The van der Waals surface area contributed by atoms with Crippen LogP contribution in [0.5, 0.6) is 0 Å². The molecule has 3 heteroatoms. The van der Waals surface area contributed by atoms with Crippen LogP contribution < -0.4 is 5.32 Å². The van der Waals surface area contributed by atoms with Crippen molar-refractivity contribution >= 4 is 0 Å². The SMILES string of the molecule is CNC(C)(CO)CN(C)C(C)C1CC1. The molecule has 0 heterocycles. The summed E-state index contributed by atoms with van der Waals surface area (Å²) in [4.78, 5) is 2.35. The molecule has 1 rings (SSSR count). The molecule has 1 aliphatic carbocycles. The van der Waals surface area contributed by atoms with Crippen molar-refractivity contribution in [3.63, 3.8) is 0 Å². The molecule has 1 saturated carbocycles. The van der Waals surface area contributed by atoms with E-state index in [4.69, 9.17) is 0 Å². The standard InChI is InChI=1S/C11H24N2O/c1-9(10-5-6-10)13(4)7-11(2,8-14)12-3/h9-10,12,14H,5-8H2,1-4H3. The van der Waals surface area contributed by atoms with E-state index in [1.54, 1.807) is 0 Å². The van der Waals surface area contributed by atoms with Crippen molar-refractivity contribution in [2.45, 2.75) is 38.3 Å². The third-order valence-corrected chi connectivity index (χ3v) is 3.55. The molecule has 0 saturated heterocycles. The minimum Gasteiger partial charge on any atom is -0.394 e. The van der Waals surface area contributed by atoms with Gasteiger partial charge in [0.25, 0.3) is 0 Å².